The summed E-state index contributed by atoms with van der Waals surface area (Å²) >= 11 is 0. The predicted octanol–water partition coefficient (Wildman–Crippen LogP) is 1.48. The van der Waals surface area contributed by atoms with E-state index in [1.165, 1.54) is 4.31 Å². The summed E-state index contributed by atoms with van der Waals surface area (Å²) < 4.78 is 33.1. The molecule has 1 aromatic rings. The number of amides is 1. The molecule has 2 aliphatic rings. The molecule has 2 heterocycles. The molecule has 0 spiro atoms. The minimum atomic E-state index is -3.57. The Balaban J connectivity index is 0.00000261. The molecule has 2 aliphatic heterocycles. The van der Waals surface area contributed by atoms with E-state index >= 15 is 0 Å². The Kier molecular flexibility index (Phi) is 7.50. The summed E-state index contributed by atoms with van der Waals surface area (Å²) in [5.74, 6) is 0.706. The number of nitrogens with zero attached hydrogens (tertiary/aromatic N) is 2. The molecular weight excluding hydrogens is 390 g/mol. The average Bonchev–Trinajstić information content (AvgIpc) is 2.62. The van der Waals surface area contributed by atoms with Gasteiger partial charge in [-0.15, -0.1) is 12.4 Å². The third-order valence-electron chi connectivity index (χ3n) is 4.76. The van der Waals surface area contributed by atoms with Gasteiger partial charge in [0.2, 0.25) is 15.9 Å². The average molecular weight is 418 g/mol. The lowest BCUT2D eigenvalue weighted by atomic mass is 10.1. The van der Waals surface area contributed by atoms with Gasteiger partial charge in [-0.25, -0.2) is 8.42 Å². The number of hydrogen-bond donors (Lipinski definition) is 1. The molecule has 27 heavy (non-hydrogen) atoms. The number of rotatable bonds is 5. The van der Waals surface area contributed by atoms with Gasteiger partial charge >= 0.3 is 0 Å². The molecule has 0 aromatic heterocycles. The van der Waals surface area contributed by atoms with Crippen molar-refractivity contribution in [2.24, 2.45) is 0 Å². The molecule has 7 nitrogen and oxygen atoms in total. The Morgan fingerprint density at radius 2 is 1.89 bits per heavy atom. The van der Waals surface area contributed by atoms with Crippen LogP contribution in [0.5, 0.6) is 5.75 Å². The lowest BCUT2D eigenvalue weighted by Gasteiger charge is -2.40. The number of halogens is 1. The van der Waals surface area contributed by atoms with Crippen LogP contribution < -0.4 is 10.1 Å². The van der Waals surface area contributed by atoms with E-state index in [0.717, 1.165) is 19.4 Å². The first-order valence-corrected chi connectivity index (χ1v) is 10.6. The van der Waals surface area contributed by atoms with Gasteiger partial charge in [0.15, 0.2) is 0 Å². The van der Waals surface area contributed by atoms with Crippen LogP contribution in [0, 0.1) is 0 Å². The van der Waals surface area contributed by atoms with Gasteiger partial charge in [-0.2, -0.15) is 4.31 Å². The minimum absolute atomic E-state index is 0. The van der Waals surface area contributed by atoms with Crippen LogP contribution in [-0.4, -0.2) is 68.4 Å². The maximum absolute atomic E-state index is 13.0. The van der Waals surface area contributed by atoms with E-state index in [1.807, 2.05) is 18.7 Å². The van der Waals surface area contributed by atoms with E-state index in [1.54, 1.807) is 24.3 Å². The van der Waals surface area contributed by atoms with E-state index in [9.17, 15) is 13.2 Å². The summed E-state index contributed by atoms with van der Waals surface area (Å²) in [4.78, 5) is 14.2. The first-order valence-electron chi connectivity index (χ1n) is 9.15. The highest BCUT2D eigenvalue weighted by atomic mass is 35.5. The number of carbonyl (C=O) groups excluding carboxylic acids is 1. The van der Waals surface area contributed by atoms with Gasteiger partial charge in [0.25, 0.3) is 0 Å². The molecule has 0 bridgehead atoms. The predicted molar refractivity (Wildman–Crippen MR) is 106 cm³/mol. The molecule has 9 heteroatoms. The summed E-state index contributed by atoms with van der Waals surface area (Å²) in [6.07, 6.45) is 1.64. The second-order valence-corrected chi connectivity index (χ2v) is 9.00. The fourth-order valence-corrected chi connectivity index (χ4v) is 5.03. The van der Waals surface area contributed by atoms with Gasteiger partial charge in [-0.05, 0) is 51.0 Å². The van der Waals surface area contributed by atoms with Gasteiger partial charge in [0, 0.05) is 32.2 Å². The van der Waals surface area contributed by atoms with E-state index in [-0.39, 0.29) is 35.4 Å². The molecule has 0 radical (unpaired) electrons. The molecular formula is C18H28ClN3O4S. The lowest BCUT2D eigenvalue weighted by molar-refractivity contribution is -0.135. The monoisotopic (exact) mass is 417 g/mol. The van der Waals surface area contributed by atoms with Crippen molar-refractivity contribution in [2.75, 3.05) is 32.7 Å². The fourth-order valence-electron chi connectivity index (χ4n) is 3.51. The SMILES string of the molecule is CC(C)Oc1ccc(S(=O)(=O)N2CCCC(N3CCNCC3=O)C2)cc1.Cl. The molecule has 2 fully saturated rings. The number of sulfonamides is 1. The normalized spacial score (nSPS) is 21.8. The van der Waals surface area contributed by atoms with Crippen molar-refractivity contribution in [2.45, 2.75) is 43.7 Å². The van der Waals surface area contributed by atoms with Crippen LogP contribution in [0.25, 0.3) is 0 Å². The Morgan fingerprint density at radius 1 is 1.19 bits per heavy atom. The quantitative estimate of drug-likeness (QED) is 0.785. The van der Waals surface area contributed by atoms with Gasteiger partial charge in [0.05, 0.1) is 17.5 Å². The van der Waals surface area contributed by atoms with Crippen LogP contribution >= 0.6 is 12.4 Å². The summed E-state index contributed by atoms with van der Waals surface area (Å²) in [7, 11) is -3.57. The van der Waals surface area contributed by atoms with E-state index < -0.39 is 10.0 Å². The van der Waals surface area contributed by atoms with Crippen molar-refractivity contribution in [3.05, 3.63) is 24.3 Å². The van der Waals surface area contributed by atoms with Crippen LogP contribution in [0.15, 0.2) is 29.2 Å². The van der Waals surface area contributed by atoms with Gasteiger partial charge < -0.3 is 15.0 Å². The lowest BCUT2D eigenvalue weighted by Crippen LogP contribution is -2.57. The van der Waals surface area contributed by atoms with Crippen LogP contribution in [0.2, 0.25) is 0 Å². The summed E-state index contributed by atoms with van der Waals surface area (Å²) in [6.45, 7) is 6.43. The van der Waals surface area contributed by atoms with Crippen LogP contribution in [0.3, 0.4) is 0 Å². The Bertz CT molecular complexity index is 739. The largest absolute Gasteiger partial charge is 0.491 e. The van der Waals surface area contributed by atoms with E-state index in [4.69, 9.17) is 4.74 Å². The number of ether oxygens (including phenoxy) is 1. The van der Waals surface area contributed by atoms with Crippen molar-refractivity contribution in [1.82, 2.24) is 14.5 Å². The van der Waals surface area contributed by atoms with Crippen molar-refractivity contribution in [3.8, 4) is 5.75 Å². The number of carbonyl (C=O) groups is 1. The van der Waals surface area contributed by atoms with Gasteiger partial charge in [0.1, 0.15) is 5.75 Å². The molecule has 3 rings (SSSR count). The number of nitrogens with one attached hydrogen (secondary N) is 1. The summed E-state index contributed by atoms with van der Waals surface area (Å²) in [5, 5.41) is 3.05. The zero-order chi connectivity index (χ0) is 18.7. The first kappa shape index (κ1) is 21.9. The zero-order valence-corrected chi connectivity index (χ0v) is 17.4. The second-order valence-electron chi connectivity index (χ2n) is 7.06. The Morgan fingerprint density at radius 3 is 2.52 bits per heavy atom. The molecule has 1 aromatic carbocycles. The van der Waals surface area contributed by atoms with Gasteiger partial charge in [-0.3, -0.25) is 4.79 Å². The Hall–Kier alpha value is -1.35. The van der Waals surface area contributed by atoms with Crippen molar-refractivity contribution >= 4 is 28.3 Å². The molecule has 0 aliphatic carbocycles. The Labute approximate surface area is 167 Å². The number of piperazine rings is 1. The zero-order valence-electron chi connectivity index (χ0n) is 15.8. The third kappa shape index (κ3) is 5.13. The third-order valence-corrected chi connectivity index (χ3v) is 6.64. The highest BCUT2D eigenvalue weighted by Crippen LogP contribution is 2.25. The highest BCUT2D eigenvalue weighted by molar-refractivity contribution is 7.89. The van der Waals surface area contributed by atoms with E-state index in [2.05, 4.69) is 5.32 Å². The van der Waals surface area contributed by atoms with Crippen molar-refractivity contribution < 1.29 is 17.9 Å². The molecule has 1 atom stereocenters. The highest BCUT2D eigenvalue weighted by Gasteiger charge is 2.35. The molecule has 1 unspecified atom stereocenters. The van der Waals surface area contributed by atoms with Crippen LogP contribution in [0.1, 0.15) is 26.7 Å². The molecule has 2 saturated heterocycles. The van der Waals surface area contributed by atoms with Crippen molar-refractivity contribution in [3.63, 3.8) is 0 Å². The molecule has 0 saturated carbocycles. The molecule has 152 valence electrons. The number of benzene rings is 1. The fraction of sp³-hybridized carbons (Fsp3) is 0.611. The molecule has 1 amide bonds. The number of hydrogen-bond acceptors (Lipinski definition) is 5. The topological polar surface area (TPSA) is 79.0 Å². The van der Waals surface area contributed by atoms with Crippen molar-refractivity contribution in [1.29, 1.82) is 0 Å². The van der Waals surface area contributed by atoms with Crippen LogP contribution in [0.4, 0.5) is 0 Å². The summed E-state index contributed by atoms with van der Waals surface area (Å²) in [5.41, 5.74) is 0. The summed E-state index contributed by atoms with van der Waals surface area (Å²) in [6, 6.07) is 6.51. The standard InChI is InChI=1S/C18H27N3O4S.ClH/c1-14(2)25-16-5-7-17(8-6-16)26(23,24)20-10-3-4-15(13-20)21-11-9-19-12-18(21)22;/h5-8,14-15,19H,3-4,9-13H2,1-2H3;1H. The van der Waals surface area contributed by atoms with Crippen LogP contribution in [-0.2, 0) is 14.8 Å². The minimum Gasteiger partial charge on any atom is -0.491 e. The maximum atomic E-state index is 13.0. The second kappa shape index (κ2) is 9.23. The van der Waals surface area contributed by atoms with E-state index in [0.29, 0.717) is 31.9 Å². The molecule has 1 N–H and O–H groups in total. The maximum Gasteiger partial charge on any atom is 0.243 e. The first-order chi connectivity index (χ1) is 12.4. The number of piperidine rings is 1. The van der Waals surface area contributed by atoms with Gasteiger partial charge in [-0.1, -0.05) is 0 Å². The smallest absolute Gasteiger partial charge is 0.243 e.